The fourth-order valence-corrected chi connectivity index (χ4v) is 2.61. The van der Waals surface area contributed by atoms with Gasteiger partial charge in [-0.05, 0) is 39.2 Å². The fraction of sp³-hybridized carbons (Fsp3) is 0.909. The Morgan fingerprint density at radius 2 is 2.14 bits per heavy atom. The summed E-state index contributed by atoms with van der Waals surface area (Å²) in [7, 11) is 0. The minimum atomic E-state index is 0.329. The maximum Gasteiger partial charge on any atom is 0.224 e. The molecule has 0 aromatic heterocycles. The molecule has 3 heteroatoms. The summed E-state index contributed by atoms with van der Waals surface area (Å²) in [5.74, 6) is 0.356. The van der Waals surface area contributed by atoms with E-state index in [1.807, 2.05) is 0 Å². The lowest BCUT2D eigenvalue weighted by Crippen LogP contribution is -2.49. The van der Waals surface area contributed by atoms with Crippen LogP contribution in [0.5, 0.6) is 0 Å². The molecule has 0 bridgehead atoms. The maximum absolute atomic E-state index is 11.9. The van der Waals surface area contributed by atoms with Gasteiger partial charge in [0.15, 0.2) is 0 Å². The van der Waals surface area contributed by atoms with Crippen molar-refractivity contribution in [1.82, 2.24) is 10.2 Å². The van der Waals surface area contributed by atoms with E-state index in [-0.39, 0.29) is 0 Å². The van der Waals surface area contributed by atoms with Crippen molar-refractivity contribution < 1.29 is 4.79 Å². The van der Waals surface area contributed by atoms with E-state index in [2.05, 4.69) is 17.1 Å². The first-order valence-corrected chi connectivity index (χ1v) is 5.83. The molecular formula is C11H20N2O. The van der Waals surface area contributed by atoms with E-state index >= 15 is 0 Å². The van der Waals surface area contributed by atoms with Gasteiger partial charge in [-0.2, -0.15) is 0 Å². The molecule has 2 heterocycles. The molecule has 2 saturated heterocycles. The highest BCUT2D eigenvalue weighted by atomic mass is 16.2. The highest BCUT2D eigenvalue weighted by Crippen LogP contribution is 2.22. The summed E-state index contributed by atoms with van der Waals surface area (Å²) in [6.07, 6.45) is 6.88. The van der Waals surface area contributed by atoms with Crippen LogP contribution in [0.15, 0.2) is 0 Å². The van der Waals surface area contributed by atoms with Gasteiger partial charge in [-0.25, -0.2) is 0 Å². The van der Waals surface area contributed by atoms with Crippen LogP contribution in [0.4, 0.5) is 0 Å². The summed E-state index contributed by atoms with van der Waals surface area (Å²) < 4.78 is 0. The predicted octanol–water partition coefficient (Wildman–Crippen LogP) is 1.49. The molecule has 1 N–H and O–H groups in total. The average Bonchev–Trinajstić information content (AvgIpc) is 2.61. The van der Waals surface area contributed by atoms with Gasteiger partial charge in [0.25, 0.3) is 0 Å². The van der Waals surface area contributed by atoms with Crippen molar-refractivity contribution in [3.05, 3.63) is 0 Å². The molecule has 2 aliphatic rings. The fourth-order valence-electron chi connectivity index (χ4n) is 2.61. The zero-order valence-electron chi connectivity index (χ0n) is 8.96. The number of hydrogen-bond acceptors (Lipinski definition) is 2. The standard InChI is InChI=1S/C11H20N2O/c1-9-5-2-3-7-11(14)13(9)10-6-4-8-12-10/h9-10,12H,2-8H2,1H3. The van der Waals surface area contributed by atoms with Crippen molar-refractivity contribution in [1.29, 1.82) is 0 Å². The summed E-state index contributed by atoms with van der Waals surface area (Å²) >= 11 is 0. The third-order valence-electron chi connectivity index (χ3n) is 3.40. The monoisotopic (exact) mass is 196 g/mol. The molecule has 2 atom stereocenters. The van der Waals surface area contributed by atoms with Crippen LogP contribution in [0, 0.1) is 0 Å². The molecule has 1 amide bonds. The summed E-state index contributed by atoms with van der Waals surface area (Å²) in [6, 6.07) is 0.431. The Morgan fingerprint density at radius 3 is 2.86 bits per heavy atom. The SMILES string of the molecule is CC1CCCCC(=O)N1C1CCCN1. The van der Waals surface area contributed by atoms with E-state index in [4.69, 9.17) is 0 Å². The molecule has 0 aromatic rings. The normalized spacial score (nSPS) is 34.6. The number of carbonyl (C=O) groups excluding carboxylic acids is 1. The Hall–Kier alpha value is -0.570. The quantitative estimate of drug-likeness (QED) is 0.689. The first-order chi connectivity index (χ1) is 6.79. The number of nitrogens with one attached hydrogen (secondary N) is 1. The van der Waals surface area contributed by atoms with Crippen LogP contribution < -0.4 is 5.32 Å². The molecule has 2 fully saturated rings. The number of carbonyl (C=O) groups is 1. The highest BCUT2D eigenvalue weighted by Gasteiger charge is 2.30. The summed E-state index contributed by atoms with van der Waals surface area (Å²) in [4.78, 5) is 14.0. The minimum Gasteiger partial charge on any atom is -0.324 e. The van der Waals surface area contributed by atoms with E-state index in [1.54, 1.807) is 0 Å². The number of likely N-dealkylation sites (tertiary alicyclic amines) is 1. The van der Waals surface area contributed by atoms with E-state index < -0.39 is 0 Å². The van der Waals surface area contributed by atoms with Gasteiger partial charge < -0.3 is 4.90 Å². The second-order valence-corrected chi connectivity index (χ2v) is 4.51. The molecule has 0 spiro atoms. The van der Waals surface area contributed by atoms with Crippen molar-refractivity contribution in [3.63, 3.8) is 0 Å². The van der Waals surface area contributed by atoms with Gasteiger partial charge in [0.1, 0.15) is 0 Å². The zero-order valence-corrected chi connectivity index (χ0v) is 8.96. The molecule has 0 radical (unpaired) electrons. The van der Waals surface area contributed by atoms with Crippen LogP contribution in [-0.2, 0) is 4.79 Å². The minimum absolute atomic E-state index is 0.329. The van der Waals surface area contributed by atoms with Gasteiger partial charge in [0.05, 0.1) is 6.17 Å². The number of hydrogen-bond donors (Lipinski definition) is 1. The zero-order chi connectivity index (χ0) is 9.97. The van der Waals surface area contributed by atoms with Gasteiger partial charge >= 0.3 is 0 Å². The summed E-state index contributed by atoms with van der Waals surface area (Å²) in [5.41, 5.74) is 0. The van der Waals surface area contributed by atoms with Gasteiger partial charge in [0.2, 0.25) is 5.91 Å². The van der Waals surface area contributed by atoms with Crippen LogP contribution in [0.3, 0.4) is 0 Å². The smallest absolute Gasteiger partial charge is 0.224 e. The lowest BCUT2D eigenvalue weighted by molar-refractivity contribution is -0.135. The lowest BCUT2D eigenvalue weighted by Gasteiger charge is -2.33. The topological polar surface area (TPSA) is 32.3 Å². The largest absolute Gasteiger partial charge is 0.324 e. The van der Waals surface area contributed by atoms with Gasteiger partial charge in [-0.1, -0.05) is 6.42 Å². The molecule has 14 heavy (non-hydrogen) atoms. The first-order valence-electron chi connectivity index (χ1n) is 5.83. The van der Waals surface area contributed by atoms with E-state index in [9.17, 15) is 4.79 Å². The Kier molecular flexibility index (Phi) is 3.06. The van der Waals surface area contributed by atoms with E-state index in [1.165, 1.54) is 19.3 Å². The van der Waals surface area contributed by atoms with E-state index in [0.29, 0.717) is 18.1 Å². The molecule has 0 aliphatic carbocycles. The Bertz CT molecular complexity index is 211. The molecule has 2 rings (SSSR count). The van der Waals surface area contributed by atoms with Gasteiger partial charge in [0, 0.05) is 12.5 Å². The molecule has 3 nitrogen and oxygen atoms in total. The summed E-state index contributed by atoms with van der Waals surface area (Å²) in [5, 5.41) is 3.42. The van der Waals surface area contributed by atoms with Crippen molar-refractivity contribution in [3.8, 4) is 0 Å². The molecule has 2 unspecified atom stereocenters. The van der Waals surface area contributed by atoms with Crippen LogP contribution in [0.25, 0.3) is 0 Å². The Morgan fingerprint density at radius 1 is 1.29 bits per heavy atom. The van der Waals surface area contributed by atoms with Gasteiger partial charge in [-0.15, -0.1) is 0 Å². The van der Waals surface area contributed by atoms with Crippen molar-refractivity contribution in [2.45, 2.75) is 57.7 Å². The second-order valence-electron chi connectivity index (χ2n) is 4.51. The van der Waals surface area contributed by atoms with Crippen molar-refractivity contribution in [2.75, 3.05) is 6.54 Å². The number of nitrogens with zero attached hydrogens (tertiary/aromatic N) is 1. The van der Waals surface area contributed by atoms with Crippen LogP contribution in [0.2, 0.25) is 0 Å². The predicted molar refractivity (Wildman–Crippen MR) is 55.8 cm³/mol. The van der Waals surface area contributed by atoms with Crippen molar-refractivity contribution >= 4 is 5.91 Å². The van der Waals surface area contributed by atoms with Crippen LogP contribution in [0.1, 0.15) is 45.4 Å². The molecule has 80 valence electrons. The number of amides is 1. The number of rotatable bonds is 1. The maximum atomic E-state index is 11.9. The van der Waals surface area contributed by atoms with Crippen molar-refractivity contribution in [2.24, 2.45) is 0 Å². The Labute approximate surface area is 85.8 Å². The third-order valence-corrected chi connectivity index (χ3v) is 3.40. The second kappa shape index (κ2) is 4.30. The average molecular weight is 196 g/mol. The first kappa shape index (κ1) is 9.97. The van der Waals surface area contributed by atoms with Crippen LogP contribution >= 0.6 is 0 Å². The third kappa shape index (κ3) is 1.92. The van der Waals surface area contributed by atoms with Gasteiger partial charge in [-0.3, -0.25) is 10.1 Å². The molecule has 0 saturated carbocycles. The van der Waals surface area contributed by atoms with Crippen LogP contribution in [-0.4, -0.2) is 29.6 Å². The molecule has 0 aromatic carbocycles. The van der Waals surface area contributed by atoms with E-state index in [0.717, 1.165) is 25.8 Å². The lowest BCUT2D eigenvalue weighted by atomic mass is 10.1. The Balaban J connectivity index is 2.06. The molecular weight excluding hydrogens is 176 g/mol. The summed E-state index contributed by atoms with van der Waals surface area (Å²) in [6.45, 7) is 3.25. The molecule has 2 aliphatic heterocycles. The highest BCUT2D eigenvalue weighted by molar-refractivity contribution is 5.77.